The van der Waals surface area contributed by atoms with Crippen LogP contribution in [0.4, 0.5) is 0 Å². The largest absolute Gasteiger partial charge is 0.217 e. The Morgan fingerprint density at radius 3 is 2.47 bits per heavy atom. The van der Waals surface area contributed by atoms with E-state index >= 15 is 0 Å². The summed E-state index contributed by atoms with van der Waals surface area (Å²) in [6.45, 7) is 3.98. The lowest BCUT2D eigenvalue weighted by Gasteiger charge is -2.21. The maximum atomic E-state index is 12.0. The van der Waals surface area contributed by atoms with Crippen molar-refractivity contribution in [3.8, 4) is 0 Å². The van der Waals surface area contributed by atoms with Crippen LogP contribution in [0.15, 0.2) is 24.3 Å². The van der Waals surface area contributed by atoms with Crippen LogP contribution in [0.5, 0.6) is 0 Å². The van der Waals surface area contributed by atoms with E-state index in [1.165, 1.54) is 4.31 Å². The number of hydrogen-bond donors (Lipinski definition) is 0. The number of rotatable bonds is 5. The summed E-state index contributed by atoms with van der Waals surface area (Å²) >= 11 is 5.61. The van der Waals surface area contributed by atoms with E-state index in [-0.39, 0.29) is 5.88 Å². The van der Waals surface area contributed by atoms with Gasteiger partial charge in [-0.1, -0.05) is 24.3 Å². The fourth-order valence-corrected chi connectivity index (χ4v) is 3.07. The van der Waals surface area contributed by atoms with Crippen LogP contribution in [0, 0.1) is 6.92 Å². The number of sulfonamides is 1. The summed E-state index contributed by atoms with van der Waals surface area (Å²) in [6.07, 6.45) is 0. The second-order valence-electron chi connectivity index (χ2n) is 4.19. The van der Waals surface area contributed by atoms with Crippen molar-refractivity contribution in [3.05, 3.63) is 35.4 Å². The molecule has 0 saturated carbocycles. The fraction of sp³-hybridized carbons (Fsp3) is 0.500. The van der Waals surface area contributed by atoms with Crippen molar-refractivity contribution in [2.75, 3.05) is 12.9 Å². The van der Waals surface area contributed by atoms with Crippen LogP contribution >= 0.6 is 11.6 Å². The molecule has 3 nitrogen and oxygen atoms in total. The molecular weight excluding hydrogens is 258 g/mol. The second-order valence-corrected chi connectivity index (χ2v) is 6.96. The summed E-state index contributed by atoms with van der Waals surface area (Å²) in [6, 6.07) is 7.76. The van der Waals surface area contributed by atoms with Crippen LogP contribution in [0.25, 0.3) is 0 Å². The highest BCUT2D eigenvalue weighted by Crippen LogP contribution is 2.15. The van der Waals surface area contributed by atoms with E-state index < -0.39 is 15.3 Å². The van der Waals surface area contributed by atoms with Crippen molar-refractivity contribution in [2.45, 2.75) is 25.6 Å². The SMILES string of the molecule is Cc1ccccc1CN(C)S(=O)(=O)C(C)CCl. The quantitative estimate of drug-likeness (QED) is 0.774. The summed E-state index contributed by atoms with van der Waals surface area (Å²) in [5, 5.41) is -0.557. The summed E-state index contributed by atoms with van der Waals surface area (Å²) in [5.74, 6) is 0.112. The average Bonchev–Trinajstić information content (AvgIpc) is 2.30. The molecule has 0 aliphatic carbocycles. The Bertz CT molecular complexity index is 473. The maximum Gasteiger partial charge on any atom is 0.217 e. The van der Waals surface area contributed by atoms with Gasteiger partial charge in [-0.25, -0.2) is 12.7 Å². The van der Waals surface area contributed by atoms with Gasteiger partial charge < -0.3 is 0 Å². The molecule has 0 radical (unpaired) electrons. The molecule has 1 rings (SSSR count). The molecule has 5 heteroatoms. The third kappa shape index (κ3) is 3.44. The molecule has 1 unspecified atom stereocenters. The fourth-order valence-electron chi connectivity index (χ4n) is 1.50. The van der Waals surface area contributed by atoms with Gasteiger partial charge in [0.1, 0.15) is 0 Å². The van der Waals surface area contributed by atoms with E-state index in [0.717, 1.165) is 11.1 Å². The van der Waals surface area contributed by atoms with Gasteiger partial charge in [0.05, 0.1) is 5.25 Å². The summed E-state index contributed by atoms with van der Waals surface area (Å²) < 4.78 is 25.4. The Balaban J connectivity index is 2.87. The lowest BCUT2D eigenvalue weighted by molar-refractivity contribution is 0.459. The Kier molecular flexibility index (Phi) is 4.98. The minimum atomic E-state index is -3.30. The van der Waals surface area contributed by atoms with Gasteiger partial charge in [-0.05, 0) is 25.0 Å². The zero-order valence-corrected chi connectivity index (χ0v) is 11.9. The molecule has 0 aromatic heterocycles. The molecule has 0 bridgehead atoms. The number of aryl methyl sites for hydroxylation is 1. The minimum absolute atomic E-state index is 0.112. The molecule has 0 spiro atoms. The Labute approximate surface area is 108 Å². The molecule has 0 aliphatic rings. The van der Waals surface area contributed by atoms with Gasteiger partial charge in [0.15, 0.2) is 0 Å². The highest BCUT2D eigenvalue weighted by Gasteiger charge is 2.25. The monoisotopic (exact) mass is 275 g/mol. The van der Waals surface area contributed by atoms with E-state index in [0.29, 0.717) is 6.54 Å². The normalized spacial score (nSPS) is 13.9. The first-order valence-electron chi connectivity index (χ1n) is 5.45. The number of halogens is 1. The lowest BCUT2D eigenvalue weighted by Crippen LogP contribution is -2.35. The summed E-state index contributed by atoms with van der Waals surface area (Å²) in [4.78, 5) is 0. The molecule has 96 valence electrons. The van der Waals surface area contributed by atoms with Crippen molar-refractivity contribution in [1.29, 1.82) is 0 Å². The molecule has 0 heterocycles. The zero-order chi connectivity index (χ0) is 13.1. The minimum Gasteiger partial charge on any atom is -0.212 e. The molecular formula is C12H18ClNO2S. The van der Waals surface area contributed by atoms with E-state index in [1.54, 1.807) is 14.0 Å². The standard InChI is InChI=1S/C12H18ClNO2S/c1-10-6-4-5-7-12(10)9-14(3)17(15,16)11(2)8-13/h4-7,11H,8-9H2,1-3H3. The van der Waals surface area contributed by atoms with Gasteiger partial charge in [0.25, 0.3) is 0 Å². The van der Waals surface area contributed by atoms with Crippen molar-refractivity contribution in [2.24, 2.45) is 0 Å². The van der Waals surface area contributed by atoms with E-state index in [9.17, 15) is 8.42 Å². The first kappa shape index (κ1) is 14.5. The first-order chi connectivity index (χ1) is 7.89. The maximum absolute atomic E-state index is 12.0. The van der Waals surface area contributed by atoms with Gasteiger partial charge in [-0.2, -0.15) is 0 Å². The summed E-state index contributed by atoms with van der Waals surface area (Å²) in [5.41, 5.74) is 2.11. The molecule has 0 amide bonds. The first-order valence-corrected chi connectivity index (χ1v) is 7.49. The van der Waals surface area contributed by atoms with Crippen molar-refractivity contribution in [3.63, 3.8) is 0 Å². The molecule has 17 heavy (non-hydrogen) atoms. The Morgan fingerprint density at radius 1 is 1.35 bits per heavy atom. The molecule has 1 aromatic rings. The van der Waals surface area contributed by atoms with Crippen LogP contribution in [-0.4, -0.2) is 30.9 Å². The molecule has 0 aliphatic heterocycles. The topological polar surface area (TPSA) is 37.4 Å². The third-order valence-electron chi connectivity index (χ3n) is 2.81. The van der Waals surface area contributed by atoms with Gasteiger partial charge in [-0.15, -0.1) is 11.6 Å². The van der Waals surface area contributed by atoms with E-state index in [2.05, 4.69) is 0 Å². The molecule has 0 N–H and O–H groups in total. The smallest absolute Gasteiger partial charge is 0.212 e. The van der Waals surface area contributed by atoms with Crippen molar-refractivity contribution >= 4 is 21.6 Å². The van der Waals surface area contributed by atoms with Gasteiger partial charge in [0.2, 0.25) is 10.0 Å². The van der Waals surface area contributed by atoms with Crippen molar-refractivity contribution in [1.82, 2.24) is 4.31 Å². The van der Waals surface area contributed by atoms with Gasteiger partial charge in [-0.3, -0.25) is 0 Å². The molecule has 1 atom stereocenters. The number of alkyl halides is 1. The molecule has 1 aromatic carbocycles. The van der Waals surface area contributed by atoms with Crippen LogP contribution in [-0.2, 0) is 16.6 Å². The highest BCUT2D eigenvalue weighted by molar-refractivity contribution is 7.89. The van der Waals surface area contributed by atoms with Crippen LogP contribution in [0.1, 0.15) is 18.1 Å². The number of benzene rings is 1. The van der Waals surface area contributed by atoms with E-state index in [4.69, 9.17) is 11.6 Å². The predicted octanol–water partition coefficient (Wildman–Crippen LogP) is 2.38. The lowest BCUT2D eigenvalue weighted by atomic mass is 10.1. The van der Waals surface area contributed by atoms with Crippen molar-refractivity contribution < 1.29 is 8.42 Å². The predicted molar refractivity (Wildman–Crippen MR) is 71.7 cm³/mol. The summed E-state index contributed by atoms with van der Waals surface area (Å²) in [7, 11) is -1.71. The van der Waals surface area contributed by atoms with Gasteiger partial charge in [0, 0.05) is 19.5 Å². The van der Waals surface area contributed by atoms with Gasteiger partial charge >= 0.3 is 0 Å². The van der Waals surface area contributed by atoms with Crippen LogP contribution < -0.4 is 0 Å². The Morgan fingerprint density at radius 2 is 1.94 bits per heavy atom. The van der Waals surface area contributed by atoms with E-state index in [1.807, 2.05) is 31.2 Å². The second kappa shape index (κ2) is 5.85. The van der Waals surface area contributed by atoms with Crippen LogP contribution in [0.2, 0.25) is 0 Å². The highest BCUT2D eigenvalue weighted by atomic mass is 35.5. The Hall–Kier alpha value is -0.580. The number of nitrogens with zero attached hydrogens (tertiary/aromatic N) is 1. The average molecular weight is 276 g/mol. The number of hydrogen-bond acceptors (Lipinski definition) is 2. The molecule has 0 fully saturated rings. The van der Waals surface area contributed by atoms with Crippen LogP contribution in [0.3, 0.4) is 0 Å². The molecule has 0 saturated heterocycles. The zero-order valence-electron chi connectivity index (χ0n) is 10.4. The third-order valence-corrected chi connectivity index (χ3v) is 5.64.